The van der Waals surface area contributed by atoms with Gasteiger partial charge in [0.15, 0.2) is 0 Å². The molecule has 0 aliphatic heterocycles. The summed E-state index contributed by atoms with van der Waals surface area (Å²) < 4.78 is 5.52. The third-order valence-electron chi connectivity index (χ3n) is 3.16. The smallest absolute Gasteiger partial charge is 0.0652 e. The molecule has 0 N–H and O–H groups in total. The first-order chi connectivity index (χ1) is 8.33. The first kappa shape index (κ1) is 11.9. The largest absolute Gasteiger partial charge is 0.381 e. The van der Waals surface area contributed by atoms with Gasteiger partial charge in [-0.2, -0.15) is 0 Å². The third-order valence-corrected chi connectivity index (χ3v) is 3.16. The van der Waals surface area contributed by atoms with Crippen molar-refractivity contribution in [3.8, 4) is 0 Å². The van der Waals surface area contributed by atoms with Crippen molar-refractivity contribution >= 4 is 0 Å². The van der Waals surface area contributed by atoms with Crippen LogP contribution in [-0.2, 0) is 4.74 Å². The van der Waals surface area contributed by atoms with Crippen LogP contribution in [0.1, 0.15) is 24.0 Å². The van der Waals surface area contributed by atoms with Gasteiger partial charge >= 0.3 is 0 Å². The van der Waals surface area contributed by atoms with Crippen molar-refractivity contribution in [3.05, 3.63) is 71.8 Å². The molecule has 0 unspecified atom stereocenters. The Labute approximate surface area is 103 Å². The maximum absolute atomic E-state index is 5.52. The predicted octanol–water partition coefficient (Wildman–Crippen LogP) is 3.85. The Morgan fingerprint density at radius 2 is 1.18 bits per heavy atom. The standard InChI is InChI=1S/C16H18O/c1-13(17-2)16(14-9-5-3-6-10-14)15-11-7-4-8-12-15/h3-13,16H,1-2H3/t13-/m1/s1. The van der Waals surface area contributed by atoms with Gasteiger partial charge in [0.2, 0.25) is 0 Å². The zero-order valence-electron chi connectivity index (χ0n) is 10.3. The average molecular weight is 226 g/mol. The Morgan fingerprint density at radius 3 is 1.53 bits per heavy atom. The molecule has 0 saturated carbocycles. The van der Waals surface area contributed by atoms with E-state index < -0.39 is 0 Å². The van der Waals surface area contributed by atoms with Gasteiger partial charge in [-0.05, 0) is 18.1 Å². The quantitative estimate of drug-likeness (QED) is 0.769. The lowest BCUT2D eigenvalue weighted by Gasteiger charge is -2.23. The summed E-state index contributed by atoms with van der Waals surface area (Å²) in [6, 6.07) is 21.0. The van der Waals surface area contributed by atoms with Crippen molar-refractivity contribution in [3.63, 3.8) is 0 Å². The number of rotatable bonds is 4. The van der Waals surface area contributed by atoms with Crippen LogP contribution in [-0.4, -0.2) is 13.2 Å². The average Bonchev–Trinajstić information content (AvgIpc) is 2.41. The monoisotopic (exact) mass is 226 g/mol. The van der Waals surface area contributed by atoms with Crippen LogP contribution >= 0.6 is 0 Å². The Morgan fingerprint density at radius 1 is 0.765 bits per heavy atom. The Hall–Kier alpha value is -1.60. The molecule has 0 radical (unpaired) electrons. The van der Waals surface area contributed by atoms with Crippen molar-refractivity contribution in [2.45, 2.75) is 18.9 Å². The van der Waals surface area contributed by atoms with Gasteiger partial charge in [-0.1, -0.05) is 60.7 Å². The molecule has 0 aliphatic carbocycles. The fourth-order valence-electron chi connectivity index (χ4n) is 2.19. The molecule has 0 fully saturated rings. The van der Waals surface area contributed by atoms with E-state index in [-0.39, 0.29) is 6.10 Å². The van der Waals surface area contributed by atoms with E-state index in [4.69, 9.17) is 4.74 Å². The maximum Gasteiger partial charge on any atom is 0.0652 e. The van der Waals surface area contributed by atoms with E-state index in [9.17, 15) is 0 Å². The van der Waals surface area contributed by atoms with Crippen LogP contribution in [0.15, 0.2) is 60.7 Å². The summed E-state index contributed by atoms with van der Waals surface area (Å²) in [6.07, 6.45) is 0.166. The molecule has 0 saturated heterocycles. The molecule has 0 spiro atoms. The molecule has 2 rings (SSSR count). The number of benzene rings is 2. The summed E-state index contributed by atoms with van der Waals surface area (Å²) >= 11 is 0. The van der Waals surface area contributed by atoms with Gasteiger partial charge in [0.1, 0.15) is 0 Å². The van der Waals surface area contributed by atoms with Gasteiger partial charge < -0.3 is 4.74 Å². The van der Waals surface area contributed by atoms with E-state index in [0.29, 0.717) is 5.92 Å². The van der Waals surface area contributed by atoms with E-state index >= 15 is 0 Å². The van der Waals surface area contributed by atoms with Crippen LogP contribution in [0.5, 0.6) is 0 Å². The zero-order valence-corrected chi connectivity index (χ0v) is 10.3. The number of hydrogen-bond acceptors (Lipinski definition) is 1. The SMILES string of the molecule is CO[C@H](C)C(c1ccccc1)c1ccccc1. The molecule has 0 aromatic heterocycles. The van der Waals surface area contributed by atoms with Gasteiger partial charge in [-0.25, -0.2) is 0 Å². The fraction of sp³-hybridized carbons (Fsp3) is 0.250. The number of ether oxygens (including phenoxy) is 1. The molecule has 1 atom stereocenters. The van der Waals surface area contributed by atoms with Crippen molar-refractivity contribution in [1.82, 2.24) is 0 Å². The molecule has 2 aromatic rings. The van der Waals surface area contributed by atoms with Gasteiger partial charge in [0.05, 0.1) is 6.10 Å². The second-order valence-electron chi connectivity index (χ2n) is 4.24. The molecular weight excluding hydrogens is 208 g/mol. The zero-order chi connectivity index (χ0) is 12.1. The number of hydrogen-bond donors (Lipinski definition) is 0. The molecule has 0 bridgehead atoms. The van der Waals surface area contributed by atoms with Crippen molar-refractivity contribution < 1.29 is 4.74 Å². The summed E-state index contributed by atoms with van der Waals surface area (Å²) in [5, 5.41) is 0. The molecule has 2 aromatic carbocycles. The van der Waals surface area contributed by atoms with Crippen LogP contribution in [0.3, 0.4) is 0 Å². The molecule has 1 nitrogen and oxygen atoms in total. The molecule has 1 heteroatoms. The summed E-state index contributed by atoms with van der Waals surface area (Å²) in [5.41, 5.74) is 2.60. The van der Waals surface area contributed by atoms with Crippen LogP contribution < -0.4 is 0 Å². The second kappa shape index (κ2) is 5.65. The lowest BCUT2D eigenvalue weighted by Crippen LogP contribution is -2.18. The number of methoxy groups -OCH3 is 1. The van der Waals surface area contributed by atoms with E-state index in [1.807, 2.05) is 12.1 Å². The highest BCUT2D eigenvalue weighted by Crippen LogP contribution is 2.29. The molecule has 0 heterocycles. The summed E-state index contributed by atoms with van der Waals surface area (Å²) in [6.45, 7) is 2.12. The van der Waals surface area contributed by atoms with Gasteiger partial charge in [0, 0.05) is 13.0 Å². The van der Waals surface area contributed by atoms with Crippen molar-refractivity contribution in [2.24, 2.45) is 0 Å². The minimum Gasteiger partial charge on any atom is -0.381 e. The molecular formula is C16H18O. The van der Waals surface area contributed by atoms with Crippen molar-refractivity contribution in [1.29, 1.82) is 0 Å². The van der Waals surface area contributed by atoms with E-state index in [1.165, 1.54) is 11.1 Å². The third kappa shape index (κ3) is 2.75. The molecule has 0 aliphatic rings. The summed E-state index contributed by atoms with van der Waals surface area (Å²) in [4.78, 5) is 0. The van der Waals surface area contributed by atoms with E-state index in [2.05, 4.69) is 55.5 Å². The normalized spacial score (nSPS) is 12.6. The van der Waals surface area contributed by atoms with Gasteiger partial charge in [-0.3, -0.25) is 0 Å². The second-order valence-corrected chi connectivity index (χ2v) is 4.24. The molecule has 0 amide bonds. The first-order valence-corrected chi connectivity index (χ1v) is 5.95. The van der Waals surface area contributed by atoms with Crippen molar-refractivity contribution in [2.75, 3.05) is 7.11 Å². The van der Waals surface area contributed by atoms with E-state index in [1.54, 1.807) is 7.11 Å². The van der Waals surface area contributed by atoms with Crippen LogP contribution in [0, 0.1) is 0 Å². The Kier molecular flexibility index (Phi) is 3.94. The van der Waals surface area contributed by atoms with Gasteiger partial charge in [-0.15, -0.1) is 0 Å². The molecule has 88 valence electrons. The summed E-state index contributed by atoms with van der Waals surface area (Å²) in [7, 11) is 1.77. The Bertz CT molecular complexity index is 396. The fourth-order valence-corrected chi connectivity index (χ4v) is 2.19. The van der Waals surface area contributed by atoms with Crippen LogP contribution in [0.25, 0.3) is 0 Å². The topological polar surface area (TPSA) is 9.23 Å². The van der Waals surface area contributed by atoms with Gasteiger partial charge in [0.25, 0.3) is 0 Å². The summed E-state index contributed by atoms with van der Waals surface area (Å²) in [5.74, 6) is 0.294. The lowest BCUT2D eigenvalue weighted by molar-refractivity contribution is 0.104. The maximum atomic E-state index is 5.52. The first-order valence-electron chi connectivity index (χ1n) is 5.95. The van der Waals surface area contributed by atoms with E-state index in [0.717, 1.165) is 0 Å². The highest BCUT2D eigenvalue weighted by atomic mass is 16.5. The molecule has 17 heavy (non-hydrogen) atoms. The predicted molar refractivity (Wildman–Crippen MR) is 71.2 cm³/mol. The minimum absolute atomic E-state index is 0.166. The highest BCUT2D eigenvalue weighted by Gasteiger charge is 2.20. The van der Waals surface area contributed by atoms with Crippen LogP contribution in [0.4, 0.5) is 0 Å². The highest BCUT2D eigenvalue weighted by molar-refractivity contribution is 5.33. The minimum atomic E-state index is 0.166. The van der Waals surface area contributed by atoms with Crippen LogP contribution in [0.2, 0.25) is 0 Å². The Balaban J connectivity index is 2.39. The lowest BCUT2D eigenvalue weighted by atomic mass is 9.87.